The number of nitrogens with one attached hydrogen (secondary N) is 1. The molecule has 2 amide bonds. The topological polar surface area (TPSA) is 61.8 Å². The number of urea groups is 1. The number of rotatable bonds is 5. The summed E-state index contributed by atoms with van der Waals surface area (Å²) in [5.41, 5.74) is 0. The van der Waals surface area contributed by atoms with Crippen molar-refractivity contribution < 1.29 is 23.4 Å². The Balaban J connectivity index is 1.71. The molecule has 1 heterocycles. The van der Waals surface area contributed by atoms with E-state index in [2.05, 4.69) is 5.32 Å². The first-order valence-electron chi connectivity index (χ1n) is 6.85. The zero-order valence-electron chi connectivity index (χ0n) is 11.5. The smallest absolute Gasteiger partial charge is 0.317 e. The predicted octanol–water partition coefficient (Wildman–Crippen LogP) is 1.51. The number of hydrogen-bond acceptors (Lipinski definition) is 3. The lowest BCUT2D eigenvalue weighted by atomic mass is 10.2. The number of benzene rings is 1. The van der Waals surface area contributed by atoms with Gasteiger partial charge >= 0.3 is 6.03 Å². The van der Waals surface area contributed by atoms with Crippen LogP contribution in [0.25, 0.3) is 0 Å². The predicted molar refractivity (Wildman–Crippen MR) is 72.1 cm³/mol. The van der Waals surface area contributed by atoms with Gasteiger partial charge in [0.15, 0.2) is 11.6 Å². The van der Waals surface area contributed by atoms with Gasteiger partial charge in [0.25, 0.3) is 0 Å². The fourth-order valence-electron chi connectivity index (χ4n) is 2.29. The van der Waals surface area contributed by atoms with Crippen LogP contribution in [0.1, 0.15) is 12.8 Å². The molecule has 1 saturated heterocycles. The monoisotopic (exact) mass is 300 g/mol. The lowest BCUT2D eigenvalue weighted by Crippen LogP contribution is -2.45. The van der Waals surface area contributed by atoms with Crippen molar-refractivity contribution >= 4 is 6.03 Å². The van der Waals surface area contributed by atoms with Gasteiger partial charge in [-0.25, -0.2) is 13.6 Å². The molecule has 0 spiro atoms. The molecule has 7 heteroatoms. The van der Waals surface area contributed by atoms with Gasteiger partial charge in [-0.3, -0.25) is 0 Å². The molecule has 0 aliphatic carbocycles. The molecule has 1 aromatic rings. The number of ether oxygens (including phenoxy) is 1. The number of carbonyl (C=O) groups excluding carboxylic acids is 1. The summed E-state index contributed by atoms with van der Waals surface area (Å²) < 4.78 is 30.9. The van der Waals surface area contributed by atoms with Crippen molar-refractivity contribution in [2.24, 2.45) is 0 Å². The van der Waals surface area contributed by atoms with Crippen LogP contribution in [0.3, 0.4) is 0 Å². The van der Waals surface area contributed by atoms with Gasteiger partial charge in [-0.15, -0.1) is 0 Å². The molecule has 2 rings (SSSR count). The van der Waals surface area contributed by atoms with Crippen LogP contribution < -0.4 is 10.1 Å². The van der Waals surface area contributed by atoms with Gasteiger partial charge in [-0.1, -0.05) is 0 Å². The third-order valence-corrected chi connectivity index (χ3v) is 3.39. The first-order valence-corrected chi connectivity index (χ1v) is 6.85. The Morgan fingerprint density at radius 1 is 1.43 bits per heavy atom. The molecule has 0 radical (unpaired) electrons. The Morgan fingerprint density at radius 3 is 2.95 bits per heavy atom. The van der Waals surface area contributed by atoms with Crippen LogP contribution in [0.4, 0.5) is 13.6 Å². The van der Waals surface area contributed by atoms with Crippen molar-refractivity contribution in [3.8, 4) is 5.75 Å². The molecule has 1 atom stereocenters. The van der Waals surface area contributed by atoms with Gasteiger partial charge in [0.2, 0.25) is 0 Å². The summed E-state index contributed by atoms with van der Waals surface area (Å²) in [7, 11) is 0. The number of aliphatic hydroxyl groups excluding tert-OH is 1. The lowest BCUT2D eigenvalue weighted by Gasteiger charge is -2.23. The summed E-state index contributed by atoms with van der Waals surface area (Å²) in [6.45, 7) is 0.973. The van der Waals surface area contributed by atoms with Crippen LogP contribution >= 0.6 is 0 Å². The van der Waals surface area contributed by atoms with Crippen LogP contribution in [0, 0.1) is 11.6 Å². The van der Waals surface area contributed by atoms with Crippen LogP contribution in [-0.2, 0) is 0 Å². The Morgan fingerprint density at radius 2 is 2.24 bits per heavy atom. The highest BCUT2D eigenvalue weighted by atomic mass is 19.2. The van der Waals surface area contributed by atoms with Crippen molar-refractivity contribution in [2.45, 2.75) is 18.9 Å². The van der Waals surface area contributed by atoms with Gasteiger partial charge in [0.1, 0.15) is 12.4 Å². The van der Waals surface area contributed by atoms with Crippen LogP contribution in [0.2, 0.25) is 0 Å². The van der Waals surface area contributed by atoms with E-state index in [0.29, 0.717) is 6.54 Å². The number of likely N-dealkylation sites (tertiary alicyclic amines) is 1. The molecule has 21 heavy (non-hydrogen) atoms. The van der Waals surface area contributed by atoms with Crippen molar-refractivity contribution in [3.63, 3.8) is 0 Å². The number of carbonyl (C=O) groups is 1. The van der Waals surface area contributed by atoms with Crippen molar-refractivity contribution in [3.05, 3.63) is 29.8 Å². The Kier molecular flexibility index (Phi) is 5.32. The highest BCUT2D eigenvalue weighted by Crippen LogP contribution is 2.17. The van der Waals surface area contributed by atoms with E-state index in [1.165, 1.54) is 6.07 Å². The molecule has 1 aromatic carbocycles. The number of amides is 2. The van der Waals surface area contributed by atoms with E-state index in [1.54, 1.807) is 4.90 Å². The molecule has 0 aromatic heterocycles. The zero-order chi connectivity index (χ0) is 15.2. The van der Waals surface area contributed by atoms with E-state index in [9.17, 15) is 13.6 Å². The number of nitrogens with zero attached hydrogens (tertiary/aromatic N) is 1. The lowest BCUT2D eigenvalue weighted by molar-refractivity contribution is 0.156. The summed E-state index contributed by atoms with van der Waals surface area (Å²) in [5, 5.41) is 11.8. The van der Waals surface area contributed by atoms with E-state index in [0.717, 1.165) is 25.0 Å². The second kappa shape index (κ2) is 7.21. The van der Waals surface area contributed by atoms with E-state index in [-0.39, 0.29) is 37.6 Å². The average Bonchev–Trinajstić information content (AvgIpc) is 2.95. The summed E-state index contributed by atoms with van der Waals surface area (Å²) >= 11 is 0. The van der Waals surface area contributed by atoms with Crippen LogP contribution in [0.15, 0.2) is 18.2 Å². The normalized spacial score (nSPS) is 17.9. The highest BCUT2D eigenvalue weighted by Gasteiger charge is 2.27. The average molecular weight is 300 g/mol. The van der Waals surface area contributed by atoms with Crippen molar-refractivity contribution in [2.75, 3.05) is 26.3 Å². The molecule has 0 unspecified atom stereocenters. The summed E-state index contributed by atoms with van der Waals surface area (Å²) in [5.74, 6) is -1.70. The summed E-state index contributed by atoms with van der Waals surface area (Å²) in [6, 6.07) is 2.89. The number of halogens is 2. The minimum atomic E-state index is -0.973. The van der Waals surface area contributed by atoms with E-state index >= 15 is 0 Å². The Labute approximate surface area is 121 Å². The maximum atomic E-state index is 12.9. The molecule has 1 fully saturated rings. The van der Waals surface area contributed by atoms with Gasteiger partial charge in [-0.2, -0.15) is 0 Å². The SMILES string of the molecule is O=C(NCCOc1ccc(F)c(F)c1)N1CCC[C@H]1CO. The first kappa shape index (κ1) is 15.5. The van der Waals surface area contributed by atoms with Crippen molar-refractivity contribution in [1.29, 1.82) is 0 Å². The number of hydrogen-bond donors (Lipinski definition) is 2. The fourth-order valence-corrected chi connectivity index (χ4v) is 2.29. The summed E-state index contributed by atoms with van der Waals surface area (Å²) in [4.78, 5) is 13.5. The molecular weight excluding hydrogens is 282 g/mol. The van der Waals surface area contributed by atoms with Gasteiger partial charge < -0.3 is 20.1 Å². The molecule has 2 N–H and O–H groups in total. The molecule has 116 valence electrons. The van der Waals surface area contributed by atoms with Crippen LogP contribution in [-0.4, -0.2) is 48.4 Å². The number of aliphatic hydroxyl groups is 1. The Bertz CT molecular complexity index is 499. The third-order valence-electron chi connectivity index (χ3n) is 3.39. The first-order chi connectivity index (χ1) is 10.1. The molecule has 1 aliphatic rings. The van der Waals surface area contributed by atoms with E-state index in [4.69, 9.17) is 9.84 Å². The third kappa shape index (κ3) is 4.04. The van der Waals surface area contributed by atoms with Crippen molar-refractivity contribution in [1.82, 2.24) is 10.2 Å². The molecule has 1 aliphatic heterocycles. The van der Waals surface area contributed by atoms with Gasteiger partial charge in [0.05, 0.1) is 19.2 Å². The second-order valence-corrected chi connectivity index (χ2v) is 4.83. The van der Waals surface area contributed by atoms with Gasteiger partial charge in [0, 0.05) is 12.6 Å². The maximum Gasteiger partial charge on any atom is 0.317 e. The van der Waals surface area contributed by atoms with E-state index < -0.39 is 11.6 Å². The Hall–Kier alpha value is -1.89. The quantitative estimate of drug-likeness (QED) is 0.810. The minimum absolute atomic E-state index is 0.0429. The van der Waals surface area contributed by atoms with E-state index in [1.807, 2.05) is 0 Å². The second-order valence-electron chi connectivity index (χ2n) is 4.83. The minimum Gasteiger partial charge on any atom is -0.492 e. The van der Waals surface area contributed by atoms with Gasteiger partial charge in [-0.05, 0) is 25.0 Å². The molecule has 5 nitrogen and oxygen atoms in total. The highest BCUT2D eigenvalue weighted by molar-refractivity contribution is 5.74. The standard InChI is InChI=1S/C14H18F2N2O3/c15-12-4-3-11(8-13(12)16)21-7-5-17-14(20)18-6-1-2-10(18)9-19/h3-4,8,10,19H,1-2,5-7,9H2,(H,17,20)/t10-/m0/s1. The molecular formula is C14H18F2N2O3. The largest absolute Gasteiger partial charge is 0.492 e. The molecule has 0 saturated carbocycles. The van der Waals surface area contributed by atoms with Crippen LogP contribution in [0.5, 0.6) is 5.75 Å². The fraction of sp³-hybridized carbons (Fsp3) is 0.500. The maximum absolute atomic E-state index is 12.9. The zero-order valence-corrected chi connectivity index (χ0v) is 11.5. The summed E-state index contributed by atoms with van der Waals surface area (Å²) in [6.07, 6.45) is 1.68. The molecule has 0 bridgehead atoms.